The van der Waals surface area contributed by atoms with Crippen LogP contribution in [-0.4, -0.2) is 41.0 Å². The van der Waals surface area contributed by atoms with Gasteiger partial charge in [0, 0.05) is 44.5 Å². The average Bonchev–Trinajstić information content (AvgIpc) is 3.11. The van der Waals surface area contributed by atoms with Crippen LogP contribution in [0, 0.1) is 23.2 Å². The topological polar surface area (TPSA) is 74.3 Å². The fraction of sp³-hybridized carbons (Fsp3) is 0.682. The third-order valence-corrected chi connectivity index (χ3v) is 7.45. The molecule has 4 atom stereocenters. The number of nitrogens with zero attached hydrogens (tertiary/aromatic N) is 2. The Labute approximate surface area is 167 Å². The maximum absolute atomic E-state index is 13.0. The molecule has 4 aliphatic rings. The second-order valence-corrected chi connectivity index (χ2v) is 9.42. The van der Waals surface area contributed by atoms with Gasteiger partial charge in [0.2, 0.25) is 5.91 Å². The molecule has 0 spiro atoms. The fourth-order valence-corrected chi connectivity index (χ4v) is 5.55. The molecule has 3 amide bonds. The summed E-state index contributed by atoms with van der Waals surface area (Å²) in [5.74, 6) is 2.27. The Morgan fingerprint density at radius 3 is 2.71 bits per heavy atom. The minimum atomic E-state index is -0.0304. The van der Waals surface area contributed by atoms with Gasteiger partial charge in [-0.25, -0.2) is 4.79 Å². The van der Waals surface area contributed by atoms with Gasteiger partial charge in [-0.3, -0.25) is 9.78 Å². The molecule has 4 fully saturated rings. The summed E-state index contributed by atoms with van der Waals surface area (Å²) in [5.41, 5.74) is 1.48. The molecule has 1 saturated heterocycles. The van der Waals surface area contributed by atoms with Crippen LogP contribution in [0.15, 0.2) is 24.5 Å². The molecule has 1 aromatic rings. The van der Waals surface area contributed by atoms with Crippen LogP contribution in [0.5, 0.6) is 0 Å². The summed E-state index contributed by atoms with van der Waals surface area (Å²) in [5, 5.41) is 6.19. The first kappa shape index (κ1) is 19.2. The van der Waals surface area contributed by atoms with Crippen molar-refractivity contribution in [2.45, 2.75) is 58.5 Å². The fourth-order valence-electron chi connectivity index (χ4n) is 5.55. The van der Waals surface area contributed by atoms with Crippen molar-refractivity contribution in [2.75, 3.05) is 13.1 Å². The van der Waals surface area contributed by atoms with Crippen molar-refractivity contribution in [1.29, 1.82) is 0 Å². The van der Waals surface area contributed by atoms with Gasteiger partial charge in [-0.05, 0) is 66.5 Å². The molecule has 5 rings (SSSR count). The molecule has 6 heteroatoms. The Balaban J connectivity index is 1.37. The van der Waals surface area contributed by atoms with E-state index in [1.807, 2.05) is 17.0 Å². The Hall–Kier alpha value is -2.11. The first-order valence-electron chi connectivity index (χ1n) is 10.6. The number of pyridine rings is 1. The van der Waals surface area contributed by atoms with E-state index >= 15 is 0 Å². The van der Waals surface area contributed by atoms with Crippen molar-refractivity contribution < 1.29 is 9.59 Å². The van der Waals surface area contributed by atoms with Crippen LogP contribution < -0.4 is 10.6 Å². The van der Waals surface area contributed by atoms with Crippen LogP contribution in [0.1, 0.15) is 51.5 Å². The summed E-state index contributed by atoms with van der Waals surface area (Å²) in [7, 11) is 0. The predicted molar refractivity (Wildman–Crippen MR) is 107 cm³/mol. The third-order valence-electron chi connectivity index (χ3n) is 7.45. The lowest BCUT2D eigenvalue weighted by Crippen LogP contribution is -2.55. The molecular formula is C22H32N4O2. The molecule has 6 nitrogen and oxygen atoms in total. The lowest BCUT2D eigenvalue weighted by molar-refractivity contribution is -0.119. The summed E-state index contributed by atoms with van der Waals surface area (Å²) < 4.78 is 0. The number of fused-ring (bicyclic) bond motifs is 2. The Morgan fingerprint density at radius 1 is 1.29 bits per heavy atom. The zero-order chi connectivity index (χ0) is 19.7. The summed E-state index contributed by atoms with van der Waals surface area (Å²) in [4.78, 5) is 30.5. The highest BCUT2D eigenvalue weighted by Crippen LogP contribution is 2.61. The van der Waals surface area contributed by atoms with Crippen molar-refractivity contribution in [1.82, 2.24) is 20.5 Å². The van der Waals surface area contributed by atoms with Gasteiger partial charge in [0.15, 0.2) is 0 Å². The molecule has 2 bridgehead atoms. The van der Waals surface area contributed by atoms with Gasteiger partial charge in [0.05, 0.1) is 0 Å². The lowest BCUT2D eigenvalue weighted by Gasteiger charge is -2.60. The lowest BCUT2D eigenvalue weighted by atomic mass is 9.45. The Morgan fingerprint density at radius 2 is 2.07 bits per heavy atom. The van der Waals surface area contributed by atoms with Crippen LogP contribution in [0.4, 0.5) is 4.79 Å². The molecule has 2 N–H and O–H groups in total. The van der Waals surface area contributed by atoms with Gasteiger partial charge in [0.25, 0.3) is 0 Å². The highest BCUT2D eigenvalue weighted by atomic mass is 16.2. The molecule has 28 heavy (non-hydrogen) atoms. The van der Waals surface area contributed by atoms with Crippen molar-refractivity contribution >= 4 is 11.9 Å². The predicted octanol–water partition coefficient (Wildman–Crippen LogP) is 2.94. The molecular weight excluding hydrogens is 352 g/mol. The molecule has 2 heterocycles. The normalized spacial score (nSPS) is 30.3. The molecule has 1 aliphatic heterocycles. The van der Waals surface area contributed by atoms with Crippen molar-refractivity contribution in [3.8, 4) is 0 Å². The quantitative estimate of drug-likeness (QED) is 0.792. The maximum atomic E-state index is 13.0. The molecule has 0 aromatic carbocycles. The van der Waals surface area contributed by atoms with E-state index in [4.69, 9.17) is 0 Å². The standard InChI is InChI=1S/C22H32N4O2/c1-22(2)17-4-3-16(19(22)11-17)12-24-21(28)26(13-15-7-9-23-10-8-15)14-18-5-6-20(27)25-18/h7-10,16-19H,3-6,11-14H2,1-2H3,(H,24,28)(H,25,27)/t16-,17-,18+,19-/m1/s1. The monoisotopic (exact) mass is 384 g/mol. The number of urea groups is 1. The molecule has 3 saturated carbocycles. The smallest absolute Gasteiger partial charge is 0.317 e. The van der Waals surface area contributed by atoms with Crippen LogP contribution in [0.3, 0.4) is 0 Å². The largest absolute Gasteiger partial charge is 0.352 e. The highest BCUT2D eigenvalue weighted by Gasteiger charge is 2.53. The van der Waals surface area contributed by atoms with E-state index < -0.39 is 0 Å². The molecule has 0 unspecified atom stereocenters. The number of carbonyl (C=O) groups is 2. The van der Waals surface area contributed by atoms with Crippen LogP contribution in [0.25, 0.3) is 0 Å². The zero-order valence-electron chi connectivity index (χ0n) is 17.0. The first-order chi connectivity index (χ1) is 13.4. The minimum absolute atomic E-state index is 0.0304. The van der Waals surface area contributed by atoms with Crippen molar-refractivity contribution in [2.24, 2.45) is 23.2 Å². The van der Waals surface area contributed by atoms with Crippen LogP contribution in [-0.2, 0) is 11.3 Å². The Kier molecular flexibility index (Phi) is 5.30. The summed E-state index contributed by atoms with van der Waals surface area (Å²) in [6.07, 6.45) is 8.68. The molecule has 1 aromatic heterocycles. The van der Waals surface area contributed by atoms with Gasteiger partial charge < -0.3 is 15.5 Å². The third kappa shape index (κ3) is 3.87. The second-order valence-electron chi connectivity index (χ2n) is 9.42. The van der Waals surface area contributed by atoms with E-state index in [0.29, 0.717) is 30.8 Å². The number of hydrogen-bond acceptors (Lipinski definition) is 3. The summed E-state index contributed by atoms with van der Waals surface area (Å²) >= 11 is 0. The SMILES string of the molecule is CC1(C)[C@@H]2CC[C@H](CNC(=O)N(Cc3ccncc3)C[C@@H]3CCC(=O)N3)[C@H]1C2. The first-order valence-corrected chi connectivity index (χ1v) is 10.6. The number of aromatic nitrogens is 1. The Bertz CT molecular complexity index is 719. The number of amides is 3. The molecule has 0 radical (unpaired) electrons. The van der Waals surface area contributed by atoms with Gasteiger partial charge in [0.1, 0.15) is 0 Å². The average molecular weight is 385 g/mol. The van der Waals surface area contributed by atoms with E-state index in [1.54, 1.807) is 12.4 Å². The van der Waals surface area contributed by atoms with Crippen molar-refractivity contribution in [3.63, 3.8) is 0 Å². The molecule has 152 valence electrons. The number of hydrogen-bond donors (Lipinski definition) is 2. The highest BCUT2D eigenvalue weighted by molar-refractivity contribution is 5.79. The van der Waals surface area contributed by atoms with E-state index in [9.17, 15) is 9.59 Å². The van der Waals surface area contributed by atoms with Crippen LogP contribution in [0.2, 0.25) is 0 Å². The maximum Gasteiger partial charge on any atom is 0.317 e. The molecule has 3 aliphatic carbocycles. The van der Waals surface area contributed by atoms with Gasteiger partial charge >= 0.3 is 6.03 Å². The van der Waals surface area contributed by atoms with Gasteiger partial charge in [-0.1, -0.05) is 13.8 Å². The minimum Gasteiger partial charge on any atom is -0.352 e. The van der Waals surface area contributed by atoms with E-state index in [1.165, 1.54) is 19.3 Å². The van der Waals surface area contributed by atoms with E-state index in [2.05, 4.69) is 29.5 Å². The van der Waals surface area contributed by atoms with E-state index in [0.717, 1.165) is 30.4 Å². The number of rotatable bonds is 6. The second kappa shape index (κ2) is 7.72. The van der Waals surface area contributed by atoms with Gasteiger partial charge in [-0.2, -0.15) is 0 Å². The van der Waals surface area contributed by atoms with Gasteiger partial charge in [-0.15, -0.1) is 0 Å². The van der Waals surface area contributed by atoms with Crippen molar-refractivity contribution in [3.05, 3.63) is 30.1 Å². The van der Waals surface area contributed by atoms with E-state index in [-0.39, 0.29) is 18.0 Å². The summed E-state index contributed by atoms with van der Waals surface area (Å²) in [6, 6.07) is 3.88. The summed E-state index contributed by atoms with van der Waals surface area (Å²) in [6.45, 7) is 6.60. The number of nitrogens with one attached hydrogen (secondary N) is 2. The van der Waals surface area contributed by atoms with Crippen LogP contribution >= 0.6 is 0 Å². The zero-order valence-corrected chi connectivity index (χ0v) is 17.0. The number of carbonyl (C=O) groups excluding carboxylic acids is 2.